The summed E-state index contributed by atoms with van der Waals surface area (Å²) in [6.45, 7) is 0. The maximum atomic E-state index is 5.06. The molecule has 0 spiro atoms. The fraction of sp³-hybridized carbons (Fsp3) is 0. The van der Waals surface area contributed by atoms with E-state index in [4.69, 9.17) is 15.0 Å². The average molecular weight is 753 g/mol. The SMILES string of the molecule is c1ccc(-c2ccc(-c3nc(-c4ccccc4)nc(-c4ccc(-c5cc(-c6ccccc6)c6c7ccccc7n(-c7ccc8ccccc8c7)c6c5)cc4)n3)cc2)cc1. The fourth-order valence-electron chi connectivity index (χ4n) is 8.31. The van der Waals surface area contributed by atoms with Gasteiger partial charge in [-0.15, -0.1) is 0 Å². The first-order chi connectivity index (χ1) is 29.2. The van der Waals surface area contributed by atoms with Crippen molar-refractivity contribution in [2.24, 2.45) is 0 Å². The van der Waals surface area contributed by atoms with Crippen molar-refractivity contribution in [3.63, 3.8) is 0 Å². The van der Waals surface area contributed by atoms with E-state index < -0.39 is 0 Å². The van der Waals surface area contributed by atoms with Crippen LogP contribution in [-0.2, 0) is 0 Å². The van der Waals surface area contributed by atoms with E-state index in [1.54, 1.807) is 0 Å². The third kappa shape index (κ3) is 6.34. The zero-order chi connectivity index (χ0) is 39.1. The molecule has 9 aromatic carbocycles. The smallest absolute Gasteiger partial charge is 0.164 e. The monoisotopic (exact) mass is 752 g/mol. The van der Waals surface area contributed by atoms with Crippen molar-refractivity contribution < 1.29 is 0 Å². The van der Waals surface area contributed by atoms with Gasteiger partial charge in [0.05, 0.1) is 11.0 Å². The van der Waals surface area contributed by atoms with Crippen LogP contribution in [0.15, 0.2) is 218 Å². The minimum atomic E-state index is 0.629. The van der Waals surface area contributed by atoms with Crippen molar-refractivity contribution in [3.05, 3.63) is 218 Å². The summed E-state index contributed by atoms with van der Waals surface area (Å²) in [6, 6.07) is 77.1. The second-order valence-corrected chi connectivity index (χ2v) is 14.9. The average Bonchev–Trinajstić information content (AvgIpc) is 3.66. The molecule has 0 saturated heterocycles. The van der Waals surface area contributed by atoms with Crippen LogP contribution in [0, 0.1) is 0 Å². The van der Waals surface area contributed by atoms with Crippen molar-refractivity contribution in [2.75, 3.05) is 0 Å². The Labute approximate surface area is 342 Å². The van der Waals surface area contributed by atoms with Crippen LogP contribution >= 0.6 is 0 Å². The highest BCUT2D eigenvalue weighted by Gasteiger charge is 2.19. The number of nitrogens with zero attached hydrogens (tertiary/aromatic N) is 4. The van der Waals surface area contributed by atoms with E-state index in [2.05, 4.69) is 187 Å². The molecule has 0 aliphatic heterocycles. The second kappa shape index (κ2) is 14.5. The number of hydrogen-bond donors (Lipinski definition) is 0. The molecule has 0 fully saturated rings. The molecule has 0 N–H and O–H groups in total. The van der Waals surface area contributed by atoms with Crippen LogP contribution in [0.2, 0.25) is 0 Å². The highest BCUT2D eigenvalue weighted by molar-refractivity contribution is 6.17. The van der Waals surface area contributed by atoms with Crippen molar-refractivity contribution in [1.29, 1.82) is 0 Å². The number of benzene rings is 9. The molecule has 0 amide bonds. The van der Waals surface area contributed by atoms with Gasteiger partial charge in [-0.1, -0.05) is 188 Å². The molecule has 11 aromatic rings. The molecule has 0 aliphatic rings. The van der Waals surface area contributed by atoms with Crippen LogP contribution in [0.5, 0.6) is 0 Å². The Bertz CT molecular complexity index is 3280. The van der Waals surface area contributed by atoms with Gasteiger partial charge in [0, 0.05) is 33.2 Å². The Balaban J connectivity index is 1.05. The lowest BCUT2D eigenvalue weighted by molar-refractivity contribution is 1.07. The minimum absolute atomic E-state index is 0.629. The molecular formula is C55H36N4. The molecule has 4 heteroatoms. The van der Waals surface area contributed by atoms with E-state index in [1.807, 2.05) is 36.4 Å². The fourth-order valence-corrected chi connectivity index (χ4v) is 8.31. The zero-order valence-corrected chi connectivity index (χ0v) is 32.1. The van der Waals surface area contributed by atoms with Gasteiger partial charge in [-0.3, -0.25) is 0 Å². The van der Waals surface area contributed by atoms with Crippen LogP contribution in [0.3, 0.4) is 0 Å². The Morgan fingerprint density at radius 1 is 0.288 bits per heavy atom. The maximum absolute atomic E-state index is 5.06. The lowest BCUT2D eigenvalue weighted by Gasteiger charge is -2.13. The molecule has 0 bridgehead atoms. The quantitative estimate of drug-likeness (QED) is 0.163. The molecule has 2 aromatic heterocycles. The first-order valence-electron chi connectivity index (χ1n) is 19.9. The summed E-state index contributed by atoms with van der Waals surface area (Å²) >= 11 is 0. The standard InChI is InChI=1S/C55H36N4/c1-4-14-37(15-5-1)39-24-28-43(29-25-39)54-56-53(42-19-8-3-9-20-42)57-55(58-54)44-30-26-40(27-31-44)46-35-49(41-17-6-2-7-18-41)52-48-22-12-13-23-50(48)59(51(52)36-46)47-33-32-38-16-10-11-21-45(38)34-47/h1-36H. The van der Waals surface area contributed by atoms with E-state index in [1.165, 1.54) is 43.8 Å². The van der Waals surface area contributed by atoms with Crippen molar-refractivity contribution in [2.45, 2.75) is 0 Å². The third-order valence-corrected chi connectivity index (χ3v) is 11.2. The normalized spacial score (nSPS) is 11.4. The minimum Gasteiger partial charge on any atom is -0.309 e. The second-order valence-electron chi connectivity index (χ2n) is 14.9. The van der Waals surface area contributed by atoms with Crippen molar-refractivity contribution >= 4 is 32.6 Å². The molecule has 59 heavy (non-hydrogen) atoms. The molecule has 0 atom stereocenters. The van der Waals surface area contributed by atoms with E-state index in [0.717, 1.165) is 44.6 Å². The van der Waals surface area contributed by atoms with Gasteiger partial charge < -0.3 is 4.57 Å². The van der Waals surface area contributed by atoms with Crippen LogP contribution in [0.4, 0.5) is 0 Å². The molecule has 4 nitrogen and oxygen atoms in total. The van der Waals surface area contributed by atoms with E-state index >= 15 is 0 Å². The van der Waals surface area contributed by atoms with E-state index in [0.29, 0.717) is 17.5 Å². The van der Waals surface area contributed by atoms with Gasteiger partial charge in [-0.2, -0.15) is 0 Å². The Morgan fingerprint density at radius 3 is 1.37 bits per heavy atom. The van der Waals surface area contributed by atoms with Crippen LogP contribution in [0.1, 0.15) is 0 Å². The summed E-state index contributed by atoms with van der Waals surface area (Å²) < 4.78 is 2.42. The first kappa shape index (κ1) is 34.3. The first-order valence-corrected chi connectivity index (χ1v) is 19.9. The topological polar surface area (TPSA) is 43.6 Å². The lowest BCUT2D eigenvalue weighted by Crippen LogP contribution is -2.00. The predicted octanol–water partition coefficient (Wildman–Crippen LogP) is 14.1. The lowest BCUT2D eigenvalue weighted by atomic mass is 9.94. The van der Waals surface area contributed by atoms with Gasteiger partial charge in [0.25, 0.3) is 0 Å². The number of hydrogen-bond acceptors (Lipinski definition) is 3. The molecule has 276 valence electrons. The molecule has 2 heterocycles. The Kier molecular flexibility index (Phi) is 8.45. The molecule has 0 radical (unpaired) electrons. The van der Waals surface area contributed by atoms with Gasteiger partial charge >= 0.3 is 0 Å². The molecule has 0 saturated carbocycles. The highest BCUT2D eigenvalue weighted by atomic mass is 15.0. The van der Waals surface area contributed by atoms with E-state index in [9.17, 15) is 0 Å². The summed E-state index contributed by atoms with van der Waals surface area (Å²) in [4.78, 5) is 15.1. The summed E-state index contributed by atoms with van der Waals surface area (Å²) in [7, 11) is 0. The van der Waals surface area contributed by atoms with Crippen LogP contribution in [0.25, 0.3) is 106 Å². The summed E-state index contributed by atoms with van der Waals surface area (Å²) in [6.07, 6.45) is 0. The summed E-state index contributed by atoms with van der Waals surface area (Å²) in [5, 5.41) is 4.91. The van der Waals surface area contributed by atoms with Gasteiger partial charge in [0.2, 0.25) is 0 Å². The molecule has 11 rings (SSSR count). The zero-order valence-electron chi connectivity index (χ0n) is 32.1. The van der Waals surface area contributed by atoms with Crippen molar-refractivity contribution in [1.82, 2.24) is 19.5 Å². The predicted molar refractivity (Wildman–Crippen MR) is 244 cm³/mol. The van der Waals surface area contributed by atoms with Crippen LogP contribution in [-0.4, -0.2) is 19.5 Å². The van der Waals surface area contributed by atoms with Gasteiger partial charge in [0.15, 0.2) is 17.5 Å². The van der Waals surface area contributed by atoms with E-state index in [-0.39, 0.29) is 0 Å². The molecule has 0 aliphatic carbocycles. The highest BCUT2D eigenvalue weighted by Crippen LogP contribution is 2.42. The van der Waals surface area contributed by atoms with Crippen LogP contribution < -0.4 is 0 Å². The van der Waals surface area contributed by atoms with Gasteiger partial charge in [-0.25, -0.2) is 15.0 Å². The van der Waals surface area contributed by atoms with Crippen molar-refractivity contribution in [3.8, 4) is 73.2 Å². The number of aromatic nitrogens is 4. The number of para-hydroxylation sites is 1. The maximum Gasteiger partial charge on any atom is 0.164 e. The van der Waals surface area contributed by atoms with Gasteiger partial charge in [0.1, 0.15) is 0 Å². The summed E-state index contributed by atoms with van der Waals surface area (Å²) in [5.41, 5.74) is 13.2. The number of fused-ring (bicyclic) bond motifs is 4. The Morgan fingerprint density at radius 2 is 0.746 bits per heavy atom. The molecular weight excluding hydrogens is 717 g/mol. The van der Waals surface area contributed by atoms with Gasteiger partial charge in [-0.05, 0) is 74.5 Å². The summed E-state index contributed by atoms with van der Waals surface area (Å²) in [5.74, 6) is 1.91. The molecule has 0 unspecified atom stereocenters. The third-order valence-electron chi connectivity index (χ3n) is 11.2. The number of rotatable bonds is 7. The Hall–Kier alpha value is -7.95. The largest absolute Gasteiger partial charge is 0.309 e.